The molecule has 0 amide bonds. The van der Waals surface area contributed by atoms with Crippen LogP contribution in [0.4, 0.5) is 0 Å². The third-order valence-electron chi connectivity index (χ3n) is 8.51. The highest BCUT2D eigenvalue weighted by Crippen LogP contribution is 2.66. The van der Waals surface area contributed by atoms with Crippen LogP contribution in [-0.2, 0) is 19.6 Å². The smallest absolute Gasteiger partial charge is 0.309 e. The molecule has 2 aliphatic carbocycles. The molecule has 2 saturated carbocycles. The van der Waals surface area contributed by atoms with Crippen molar-refractivity contribution in [2.75, 3.05) is 13.1 Å². The summed E-state index contributed by atoms with van der Waals surface area (Å²) < 4.78 is 42.2. The second kappa shape index (κ2) is 7.22. The highest BCUT2D eigenvalue weighted by atomic mass is 32.2. The van der Waals surface area contributed by atoms with E-state index in [0.29, 0.717) is 42.9 Å². The van der Waals surface area contributed by atoms with E-state index >= 15 is 0 Å². The molecule has 5 rings (SSSR count). The van der Waals surface area contributed by atoms with E-state index in [4.69, 9.17) is 4.74 Å². The van der Waals surface area contributed by atoms with Gasteiger partial charge in [0.1, 0.15) is 22.0 Å². The molecule has 2 heterocycles. The van der Waals surface area contributed by atoms with Gasteiger partial charge in [0.05, 0.1) is 17.6 Å². The second-order valence-electron chi connectivity index (χ2n) is 10.2. The van der Waals surface area contributed by atoms with Crippen molar-refractivity contribution in [3.05, 3.63) is 18.2 Å². The molecule has 1 aromatic heterocycles. The average molecular weight is 464 g/mol. The van der Waals surface area contributed by atoms with Crippen molar-refractivity contribution >= 4 is 38.8 Å². The molecule has 0 radical (unpaired) electrons. The zero-order valence-corrected chi connectivity index (χ0v) is 19.8. The van der Waals surface area contributed by atoms with Crippen LogP contribution >= 0.6 is 11.7 Å². The maximum Gasteiger partial charge on any atom is 0.309 e. The van der Waals surface area contributed by atoms with E-state index in [0.717, 1.165) is 24.6 Å². The summed E-state index contributed by atoms with van der Waals surface area (Å²) in [6.45, 7) is 7.56. The van der Waals surface area contributed by atoms with Crippen LogP contribution in [0.1, 0.15) is 52.9 Å². The molecule has 2 aromatic rings. The molecule has 0 spiro atoms. The van der Waals surface area contributed by atoms with Crippen LogP contribution in [0.5, 0.6) is 0 Å². The number of carbonyl (C=O) groups excluding carboxylic acids is 1. The number of carbonyl (C=O) groups is 1. The van der Waals surface area contributed by atoms with Crippen molar-refractivity contribution in [3.8, 4) is 0 Å². The highest BCUT2D eigenvalue weighted by molar-refractivity contribution is 7.89. The van der Waals surface area contributed by atoms with Crippen molar-refractivity contribution in [2.45, 2.75) is 63.9 Å². The molecule has 7 nitrogen and oxygen atoms in total. The van der Waals surface area contributed by atoms with E-state index in [1.165, 1.54) is 10.7 Å². The molecule has 0 N–H and O–H groups in total. The van der Waals surface area contributed by atoms with E-state index in [1.54, 1.807) is 18.2 Å². The minimum absolute atomic E-state index is 0.00206. The van der Waals surface area contributed by atoms with Crippen molar-refractivity contribution in [3.63, 3.8) is 0 Å². The third-order valence-corrected chi connectivity index (χ3v) is 11.0. The fourth-order valence-electron chi connectivity index (χ4n) is 6.04. The van der Waals surface area contributed by atoms with Crippen LogP contribution in [0, 0.1) is 22.7 Å². The number of hydrogen-bond acceptors (Lipinski definition) is 7. The molecule has 168 valence electrons. The molecular weight excluding hydrogens is 434 g/mol. The summed E-state index contributed by atoms with van der Waals surface area (Å²) in [5, 5.41) is 0. The van der Waals surface area contributed by atoms with Crippen molar-refractivity contribution < 1.29 is 17.9 Å². The van der Waals surface area contributed by atoms with Crippen LogP contribution in [0.3, 0.4) is 0 Å². The van der Waals surface area contributed by atoms with Gasteiger partial charge < -0.3 is 4.74 Å². The lowest BCUT2D eigenvalue weighted by atomic mass is 9.71. The van der Waals surface area contributed by atoms with Crippen molar-refractivity contribution in [1.29, 1.82) is 0 Å². The third kappa shape index (κ3) is 3.23. The standard InChI is InChI=1S/C22H29N3O4S2/c1-21(2)15-7-10-22(21,3)13-17(15)29-20(26)14-8-11-25(12-9-14)31(27,28)18-6-4-5-16-19(18)24-30-23-16/h4-6,14-15,17H,7-13H2,1-3H3/t15-,17+,22+/m0/s1. The molecule has 0 unspecified atom stereocenters. The zero-order chi connectivity index (χ0) is 22.0. The Hall–Kier alpha value is -1.58. The van der Waals surface area contributed by atoms with Gasteiger partial charge in [-0.1, -0.05) is 26.8 Å². The Morgan fingerprint density at radius 2 is 1.90 bits per heavy atom. The van der Waals surface area contributed by atoms with E-state index in [-0.39, 0.29) is 33.7 Å². The Kier molecular flexibility index (Phi) is 4.95. The molecule has 1 aromatic carbocycles. The van der Waals surface area contributed by atoms with Crippen LogP contribution in [0.2, 0.25) is 0 Å². The maximum absolute atomic E-state index is 13.2. The lowest BCUT2D eigenvalue weighted by Gasteiger charge is -2.33. The lowest BCUT2D eigenvalue weighted by molar-refractivity contribution is -0.158. The number of rotatable bonds is 4. The fraction of sp³-hybridized carbons (Fsp3) is 0.682. The number of sulfonamides is 1. The number of benzene rings is 1. The topological polar surface area (TPSA) is 89.5 Å². The SMILES string of the molecule is CC1(C)[C@H]2CC[C@]1(C)C[C@H]2OC(=O)C1CCN(S(=O)(=O)c2cccc3nsnc23)CC1. The second-order valence-corrected chi connectivity index (χ2v) is 12.6. The van der Waals surface area contributed by atoms with E-state index in [2.05, 4.69) is 29.5 Å². The molecular formula is C22H29N3O4S2. The van der Waals surface area contributed by atoms with Crippen molar-refractivity contribution in [2.24, 2.45) is 22.7 Å². The van der Waals surface area contributed by atoms with Gasteiger partial charge in [-0.25, -0.2) is 8.42 Å². The Balaban J connectivity index is 1.24. The first-order valence-corrected chi connectivity index (χ1v) is 13.2. The first-order chi connectivity index (χ1) is 14.6. The van der Waals surface area contributed by atoms with Gasteiger partial charge in [0.2, 0.25) is 10.0 Å². The summed E-state index contributed by atoms with van der Waals surface area (Å²) in [4.78, 5) is 13.1. The van der Waals surface area contributed by atoms with E-state index in [9.17, 15) is 13.2 Å². The first kappa shape index (κ1) is 21.3. The number of aromatic nitrogens is 2. The van der Waals surface area contributed by atoms with Gasteiger partial charge in [-0.3, -0.25) is 4.79 Å². The Labute approximate surface area is 187 Å². The molecule has 3 aliphatic rings. The minimum Gasteiger partial charge on any atom is -0.462 e. The molecule has 2 bridgehead atoms. The van der Waals surface area contributed by atoms with Crippen LogP contribution < -0.4 is 0 Å². The van der Waals surface area contributed by atoms with Crippen molar-refractivity contribution in [1.82, 2.24) is 13.1 Å². The van der Waals surface area contributed by atoms with E-state index in [1.807, 2.05) is 0 Å². The Bertz CT molecular complexity index is 1120. The number of ether oxygens (including phenoxy) is 1. The van der Waals surface area contributed by atoms with Crippen LogP contribution in [0.15, 0.2) is 23.1 Å². The predicted octanol–water partition coefficient (Wildman–Crippen LogP) is 3.85. The lowest BCUT2D eigenvalue weighted by Crippen LogP contribution is -2.41. The number of nitrogens with zero attached hydrogens (tertiary/aromatic N) is 3. The number of fused-ring (bicyclic) bond motifs is 3. The van der Waals surface area contributed by atoms with Crippen LogP contribution in [-0.4, -0.2) is 46.6 Å². The van der Waals surface area contributed by atoms with Gasteiger partial charge in [-0.15, -0.1) is 0 Å². The van der Waals surface area contributed by atoms with Gasteiger partial charge in [0.25, 0.3) is 0 Å². The molecule has 3 atom stereocenters. The summed E-state index contributed by atoms with van der Waals surface area (Å²) in [6.07, 6.45) is 4.24. The molecule has 1 aliphatic heterocycles. The zero-order valence-electron chi connectivity index (χ0n) is 18.2. The fourth-order valence-corrected chi connectivity index (χ4v) is 8.26. The summed E-state index contributed by atoms with van der Waals surface area (Å²) in [5.41, 5.74) is 1.44. The summed E-state index contributed by atoms with van der Waals surface area (Å²) in [5.74, 6) is 0.0344. The summed E-state index contributed by atoms with van der Waals surface area (Å²) in [7, 11) is -3.68. The van der Waals surface area contributed by atoms with Gasteiger partial charge in [-0.2, -0.15) is 13.1 Å². The van der Waals surface area contributed by atoms with Gasteiger partial charge in [0, 0.05) is 19.0 Å². The summed E-state index contributed by atoms with van der Waals surface area (Å²) in [6, 6.07) is 5.03. The quantitative estimate of drug-likeness (QED) is 0.640. The van der Waals surface area contributed by atoms with E-state index < -0.39 is 10.0 Å². The number of piperidine rings is 1. The summed E-state index contributed by atoms with van der Waals surface area (Å²) >= 11 is 1.01. The monoisotopic (exact) mass is 463 g/mol. The normalized spacial score (nSPS) is 31.3. The number of esters is 1. The molecule has 31 heavy (non-hydrogen) atoms. The molecule has 9 heteroatoms. The maximum atomic E-state index is 13.2. The minimum atomic E-state index is -3.68. The van der Waals surface area contributed by atoms with Gasteiger partial charge in [-0.05, 0) is 55.1 Å². The average Bonchev–Trinajstić information content (AvgIpc) is 3.35. The molecule has 3 fully saturated rings. The highest BCUT2D eigenvalue weighted by Gasteiger charge is 2.61. The predicted molar refractivity (Wildman–Crippen MR) is 118 cm³/mol. The Morgan fingerprint density at radius 1 is 1.16 bits per heavy atom. The largest absolute Gasteiger partial charge is 0.462 e. The van der Waals surface area contributed by atoms with Gasteiger partial charge in [0.15, 0.2) is 0 Å². The first-order valence-electron chi connectivity index (χ1n) is 11.1. The van der Waals surface area contributed by atoms with Gasteiger partial charge >= 0.3 is 5.97 Å². The molecule has 1 saturated heterocycles. The Morgan fingerprint density at radius 3 is 2.55 bits per heavy atom. The van der Waals surface area contributed by atoms with Crippen LogP contribution in [0.25, 0.3) is 11.0 Å². The number of hydrogen-bond donors (Lipinski definition) is 0.